The van der Waals surface area contributed by atoms with Crippen molar-refractivity contribution < 1.29 is 0 Å². The van der Waals surface area contributed by atoms with E-state index in [2.05, 4.69) is 54.7 Å². The molecular weight excluding hydrogens is 218 g/mol. The van der Waals surface area contributed by atoms with Crippen LogP contribution in [-0.2, 0) is 12.8 Å². The highest BCUT2D eigenvalue weighted by molar-refractivity contribution is 5.65. The second-order valence-corrected chi connectivity index (χ2v) is 5.14. The van der Waals surface area contributed by atoms with Crippen LogP contribution in [-0.4, -0.2) is 0 Å². The molecule has 1 aliphatic carbocycles. The average Bonchev–Trinajstić information content (AvgIpc) is 2.42. The van der Waals surface area contributed by atoms with E-state index in [1.165, 1.54) is 53.7 Å². The maximum atomic E-state index is 3.56. The number of aryl methyl sites for hydroxylation is 2. The Bertz CT molecular complexity index is 540. The number of fused-ring (bicyclic) bond motifs is 1. The summed E-state index contributed by atoms with van der Waals surface area (Å²) in [5.41, 5.74) is 6.81. The second kappa shape index (κ2) is 4.85. The smallest absolute Gasteiger partial charge is 0.0419 e. The van der Waals surface area contributed by atoms with Gasteiger partial charge in [0.05, 0.1) is 0 Å². The molecule has 0 atom stereocenters. The third-order valence-electron chi connectivity index (χ3n) is 3.73. The Balaban J connectivity index is 1.90. The number of hydrogen-bond acceptors (Lipinski definition) is 1. The summed E-state index contributed by atoms with van der Waals surface area (Å²) in [6.07, 6.45) is 5.10. The third kappa shape index (κ3) is 2.26. The SMILES string of the molecule is Cc1ccc(Nc2cccc3c2CCCC3)cc1. The number of rotatable bonds is 2. The Morgan fingerprint density at radius 3 is 2.50 bits per heavy atom. The lowest BCUT2D eigenvalue weighted by Crippen LogP contribution is -2.06. The van der Waals surface area contributed by atoms with Crippen LogP contribution >= 0.6 is 0 Å². The summed E-state index contributed by atoms with van der Waals surface area (Å²) in [5.74, 6) is 0. The van der Waals surface area contributed by atoms with Gasteiger partial charge in [-0.3, -0.25) is 0 Å². The summed E-state index contributed by atoms with van der Waals surface area (Å²) >= 11 is 0. The first kappa shape index (κ1) is 11.3. The number of hydrogen-bond donors (Lipinski definition) is 1. The molecule has 1 nitrogen and oxygen atoms in total. The summed E-state index contributed by atoms with van der Waals surface area (Å²) in [6.45, 7) is 2.12. The van der Waals surface area contributed by atoms with Gasteiger partial charge in [0.15, 0.2) is 0 Å². The molecule has 0 unspecified atom stereocenters. The molecule has 1 N–H and O–H groups in total. The average molecular weight is 237 g/mol. The van der Waals surface area contributed by atoms with E-state index in [1.807, 2.05) is 0 Å². The molecule has 18 heavy (non-hydrogen) atoms. The quantitative estimate of drug-likeness (QED) is 0.803. The molecule has 1 heteroatoms. The van der Waals surface area contributed by atoms with Gasteiger partial charge in [0.1, 0.15) is 0 Å². The summed E-state index contributed by atoms with van der Waals surface area (Å²) < 4.78 is 0. The van der Waals surface area contributed by atoms with E-state index in [0.717, 1.165) is 0 Å². The van der Waals surface area contributed by atoms with E-state index in [1.54, 1.807) is 0 Å². The monoisotopic (exact) mass is 237 g/mol. The van der Waals surface area contributed by atoms with E-state index < -0.39 is 0 Å². The fraction of sp³-hybridized carbons (Fsp3) is 0.294. The van der Waals surface area contributed by atoms with Crippen molar-refractivity contribution in [2.75, 3.05) is 5.32 Å². The van der Waals surface area contributed by atoms with Gasteiger partial charge in [0.2, 0.25) is 0 Å². The van der Waals surface area contributed by atoms with Gasteiger partial charge in [-0.15, -0.1) is 0 Å². The van der Waals surface area contributed by atoms with Crippen molar-refractivity contribution in [2.24, 2.45) is 0 Å². The lowest BCUT2D eigenvalue weighted by Gasteiger charge is -2.20. The van der Waals surface area contributed by atoms with Gasteiger partial charge in [-0.05, 0) is 61.9 Å². The van der Waals surface area contributed by atoms with Crippen molar-refractivity contribution in [1.29, 1.82) is 0 Å². The van der Waals surface area contributed by atoms with Crippen LogP contribution in [0.25, 0.3) is 0 Å². The van der Waals surface area contributed by atoms with Gasteiger partial charge < -0.3 is 5.32 Å². The highest BCUT2D eigenvalue weighted by atomic mass is 14.9. The number of nitrogens with one attached hydrogen (secondary N) is 1. The zero-order chi connectivity index (χ0) is 12.4. The molecule has 0 aliphatic heterocycles. The zero-order valence-corrected chi connectivity index (χ0v) is 10.9. The molecule has 0 aromatic heterocycles. The van der Waals surface area contributed by atoms with Crippen LogP contribution in [0.1, 0.15) is 29.5 Å². The Morgan fingerprint density at radius 2 is 1.67 bits per heavy atom. The topological polar surface area (TPSA) is 12.0 Å². The van der Waals surface area contributed by atoms with Crippen LogP contribution < -0.4 is 5.32 Å². The standard InChI is InChI=1S/C17H19N/c1-13-9-11-15(12-10-13)18-17-8-4-6-14-5-2-3-7-16(14)17/h4,6,8-12,18H,2-3,5,7H2,1H3. The second-order valence-electron chi connectivity index (χ2n) is 5.14. The van der Waals surface area contributed by atoms with Crippen LogP contribution in [0.2, 0.25) is 0 Å². The first-order chi connectivity index (χ1) is 8.83. The van der Waals surface area contributed by atoms with E-state index >= 15 is 0 Å². The zero-order valence-electron chi connectivity index (χ0n) is 10.9. The lowest BCUT2D eigenvalue weighted by molar-refractivity contribution is 0.687. The molecule has 0 saturated carbocycles. The molecule has 1 aliphatic rings. The van der Waals surface area contributed by atoms with Crippen molar-refractivity contribution in [3.05, 3.63) is 59.2 Å². The summed E-state index contributed by atoms with van der Waals surface area (Å²) in [7, 11) is 0. The Kier molecular flexibility index (Phi) is 3.06. The van der Waals surface area contributed by atoms with E-state index in [0.29, 0.717) is 0 Å². The largest absolute Gasteiger partial charge is 0.355 e. The van der Waals surface area contributed by atoms with Crippen LogP contribution in [0.3, 0.4) is 0 Å². The van der Waals surface area contributed by atoms with Gasteiger partial charge >= 0.3 is 0 Å². The molecule has 3 rings (SSSR count). The van der Waals surface area contributed by atoms with Gasteiger partial charge in [-0.1, -0.05) is 29.8 Å². The van der Waals surface area contributed by atoms with E-state index in [9.17, 15) is 0 Å². The maximum Gasteiger partial charge on any atom is 0.0419 e. The highest BCUT2D eigenvalue weighted by Crippen LogP contribution is 2.29. The molecule has 0 radical (unpaired) electrons. The fourth-order valence-corrected chi connectivity index (χ4v) is 2.69. The fourth-order valence-electron chi connectivity index (χ4n) is 2.69. The molecule has 2 aromatic rings. The first-order valence-electron chi connectivity index (χ1n) is 6.77. The van der Waals surface area contributed by atoms with E-state index in [-0.39, 0.29) is 0 Å². The normalized spacial score (nSPS) is 14.1. The summed E-state index contributed by atoms with van der Waals surface area (Å²) in [6, 6.07) is 15.2. The molecular formula is C17H19N. The minimum atomic E-state index is 1.18. The summed E-state index contributed by atoms with van der Waals surface area (Å²) in [4.78, 5) is 0. The summed E-state index contributed by atoms with van der Waals surface area (Å²) in [5, 5.41) is 3.56. The number of anilines is 2. The van der Waals surface area contributed by atoms with Crippen molar-refractivity contribution in [3.63, 3.8) is 0 Å². The molecule has 0 heterocycles. The van der Waals surface area contributed by atoms with Crippen molar-refractivity contribution in [3.8, 4) is 0 Å². The maximum absolute atomic E-state index is 3.56. The third-order valence-corrected chi connectivity index (χ3v) is 3.73. The van der Waals surface area contributed by atoms with Crippen molar-refractivity contribution >= 4 is 11.4 Å². The predicted molar refractivity (Wildman–Crippen MR) is 77.5 cm³/mol. The molecule has 0 amide bonds. The van der Waals surface area contributed by atoms with Crippen LogP contribution in [0.15, 0.2) is 42.5 Å². The Hall–Kier alpha value is -1.76. The Labute approximate surface area is 109 Å². The van der Waals surface area contributed by atoms with Gasteiger partial charge in [-0.2, -0.15) is 0 Å². The highest BCUT2D eigenvalue weighted by Gasteiger charge is 2.12. The van der Waals surface area contributed by atoms with Crippen LogP contribution in [0.5, 0.6) is 0 Å². The van der Waals surface area contributed by atoms with Crippen LogP contribution in [0, 0.1) is 6.92 Å². The van der Waals surface area contributed by atoms with Gasteiger partial charge in [-0.25, -0.2) is 0 Å². The van der Waals surface area contributed by atoms with Crippen molar-refractivity contribution in [1.82, 2.24) is 0 Å². The van der Waals surface area contributed by atoms with E-state index in [4.69, 9.17) is 0 Å². The molecule has 0 saturated heterocycles. The minimum Gasteiger partial charge on any atom is -0.355 e. The molecule has 0 fully saturated rings. The lowest BCUT2D eigenvalue weighted by atomic mass is 9.90. The molecule has 0 spiro atoms. The number of benzene rings is 2. The minimum absolute atomic E-state index is 1.18. The van der Waals surface area contributed by atoms with Crippen molar-refractivity contribution in [2.45, 2.75) is 32.6 Å². The van der Waals surface area contributed by atoms with Gasteiger partial charge in [0, 0.05) is 11.4 Å². The van der Waals surface area contributed by atoms with Crippen LogP contribution in [0.4, 0.5) is 11.4 Å². The first-order valence-corrected chi connectivity index (χ1v) is 6.77. The van der Waals surface area contributed by atoms with Gasteiger partial charge in [0.25, 0.3) is 0 Å². The Morgan fingerprint density at radius 1 is 0.889 bits per heavy atom. The molecule has 0 bridgehead atoms. The molecule has 2 aromatic carbocycles. The molecule has 92 valence electrons. The predicted octanol–water partition coefficient (Wildman–Crippen LogP) is 4.62.